The number of alkyl halides is 3. The number of piperazine rings is 2. The lowest BCUT2D eigenvalue weighted by molar-refractivity contribution is -0.142. The molecule has 6 aromatic rings. The number of likely N-dealkylation sites (N-methyl/N-ethyl adjacent to an activating group) is 1. The predicted molar refractivity (Wildman–Crippen MR) is 332 cm³/mol. The van der Waals surface area contributed by atoms with Crippen LogP contribution in [-0.2, 0) is 20.6 Å². The molecule has 4 aliphatic heterocycles. The highest BCUT2D eigenvalue weighted by Crippen LogP contribution is 2.39. The van der Waals surface area contributed by atoms with E-state index in [0.717, 1.165) is 39.5 Å². The van der Waals surface area contributed by atoms with Gasteiger partial charge in [-0.1, -0.05) is 51.1 Å². The van der Waals surface area contributed by atoms with Crippen molar-refractivity contribution in [2.45, 2.75) is 110 Å². The summed E-state index contributed by atoms with van der Waals surface area (Å²) in [5.74, 6) is -4.18. The number of carbonyl (C=O) groups excluding carboxylic acids is 5. The van der Waals surface area contributed by atoms with Crippen LogP contribution in [0.3, 0.4) is 0 Å². The maximum atomic E-state index is 16.3. The zero-order valence-electron chi connectivity index (χ0n) is 51.1. The summed E-state index contributed by atoms with van der Waals surface area (Å²) in [6.07, 6.45) is -1.90. The van der Waals surface area contributed by atoms with Crippen molar-refractivity contribution in [3.63, 3.8) is 0 Å². The monoisotopic (exact) mass is 1250 g/mol. The number of aromatic nitrogens is 3. The van der Waals surface area contributed by atoms with E-state index in [9.17, 15) is 46.6 Å². The Balaban J connectivity index is 0.733. The van der Waals surface area contributed by atoms with E-state index in [1.807, 2.05) is 101 Å². The highest BCUT2D eigenvalue weighted by atomic mass is 32.1. The van der Waals surface area contributed by atoms with E-state index < -0.39 is 82.2 Å². The normalized spacial score (nSPS) is 20.3. The second-order valence-electron chi connectivity index (χ2n) is 24.9. The van der Waals surface area contributed by atoms with Crippen LogP contribution in [-0.4, -0.2) is 161 Å². The summed E-state index contributed by atoms with van der Waals surface area (Å²) in [5.41, 5.74) is 3.28. The number of likely N-dealkylation sites (tertiary alicyclic amines) is 1. The Labute approximate surface area is 518 Å². The first-order chi connectivity index (χ1) is 42.2. The molecule has 472 valence electrons. The van der Waals surface area contributed by atoms with Gasteiger partial charge < -0.3 is 45.6 Å². The minimum absolute atomic E-state index is 0.00976. The van der Waals surface area contributed by atoms with Gasteiger partial charge in [0.25, 0.3) is 11.8 Å². The van der Waals surface area contributed by atoms with Crippen LogP contribution in [0, 0.1) is 29.9 Å². The van der Waals surface area contributed by atoms with Crippen molar-refractivity contribution in [2.75, 3.05) is 86.0 Å². The van der Waals surface area contributed by atoms with Crippen molar-refractivity contribution in [1.29, 1.82) is 0 Å². The smallest absolute Gasteiger partial charge is 0.391 e. The quantitative estimate of drug-likeness (QED) is 0.0754. The van der Waals surface area contributed by atoms with Crippen LogP contribution >= 0.6 is 11.3 Å². The molecule has 89 heavy (non-hydrogen) atoms. The molecule has 5 amide bonds. The average molecular weight is 1250 g/mol. The predicted octanol–water partition coefficient (Wildman–Crippen LogP) is 9.20. The first-order valence-corrected chi connectivity index (χ1v) is 30.9. The molecule has 0 spiro atoms. The van der Waals surface area contributed by atoms with Crippen LogP contribution in [0.2, 0.25) is 0 Å². The topological polar surface area (TPSA) is 200 Å². The van der Waals surface area contributed by atoms with Gasteiger partial charge in [0.2, 0.25) is 23.7 Å². The number of anilines is 4. The van der Waals surface area contributed by atoms with Gasteiger partial charge in [0, 0.05) is 118 Å². The molecule has 2 aromatic heterocycles. The van der Waals surface area contributed by atoms with Gasteiger partial charge >= 0.3 is 6.18 Å². The number of piperidine rings is 1. The SMILES string of the molecule is Cc1ncsc1-c1ccc([C@H](C)NC(=O)[C@@H]2C[C@@H](O)CN2C(=O)[C@@H](NC(=O)c2cccc(N3CCC(C(=O)N4CCN(c5ncc(-c6cc(NC(=O)c7ccc(F)cc7C(F)(F)F)c(N7C[C@@H](C)N(C)[C@@H](C)C7)cc6F)cn5)CC4)CC3)c2)C(C)(C)C)cc1. The summed E-state index contributed by atoms with van der Waals surface area (Å²) in [4.78, 5) is 95.9. The lowest BCUT2D eigenvalue weighted by atomic mass is 9.85. The fourth-order valence-electron chi connectivity index (χ4n) is 12.4. The van der Waals surface area contributed by atoms with E-state index >= 15 is 4.39 Å². The van der Waals surface area contributed by atoms with Gasteiger partial charge in [-0.15, -0.1) is 11.3 Å². The Bertz CT molecular complexity index is 3580. The molecular formula is C65H75F5N12O6S. The molecule has 6 heterocycles. The molecule has 10 rings (SSSR count). The first-order valence-electron chi connectivity index (χ1n) is 30.0. The van der Waals surface area contributed by atoms with Gasteiger partial charge in [-0.3, -0.25) is 28.9 Å². The molecule has 0 bridgehead atoms. The van der Waals surface area contributed by atoms with E-state index in [2.05, 4.69) is 40.7 Å². The largest absolute Gasteiger partial charge is 0.417 e. The molecule has 6 atom stereocenters. The molecule has 4 aliphatic rings. The van der Waals surface area contributed by atoms with Crippen molar-refractivity contribution in [3.8, 4) is 21.6 Å². The summed E-state index contributed by atoms with van der Waals surface area (Å²) in [6.45, 7) is 16.9. The van der Waals surface area contributed by atoms with Gasteiger partial charge in [-0.2, -0.15) is 13.2 Å². The van der Waals surface area contributed by atoms with Gasteiger partial charge in [-0.05, 0) is 113 Å². The van der Waals surface area contributed by atoms with E-state index in [4.69, 9.17) is 0 Å². The van der Waals surface area contributed by atoms with Crippen molar-refractivity contribution in [1.82, 2.24) is 40.3 Å². The van der Waals surface area contributed by atoms with Crippen molar-refractivity contribution in [3.05, 3.63) is 136 Å². The number of nitrogens with zero attached hydrogens (tertiary/aromatic N) is 9. The average Bonchev–Trinajstić information content (AvgIpc) is 3.10. The molecular weight excluding hydrogens is 1170 g/mol. The van der Waals surface area contributed by atoms with E-state index in [1.54, 1.807) is 35.0 Å². The van der Waals surface area contributed by atoms with Crippen LogP contribution in [0.25, 0.3) is 21.6 Å². The number of hydrogen-bond acceptors (Lipinski definition) is 14. The number of nitrogens with one attached hydrogen (secondary N) is 3. The maximum Gasteiger partial charge on any atom is 0.417 e. The van der Waals surface area contributed by atoms with Gasteiger partial charge in [0.05, 0.1) is 50.7 Å². The molecule has 4 N–H and O–H groups in total. The number of β-amino-alcohol motifs (C(OH)–C–C–N with tert-alkyl or cyclic N) is 1. The number of aliphatic hydroxyl groups is 1. The number of hydrogen-bond donors (Lipinski definition) is 4. The van der Waals surface area contributed by atoms with Crippen LogP contribution in [0.15, 0.2) is 96.8 Å². The molecule has 4 saturated heterocycles. The zero-order chi connectivity index (χ0) is 63.8. The number of rotatable bonds is 14. The van der Waals surface area contributed by atoms with Gasteiger partial charge in [0.15, 0.2) is 0 Å². The number of aryl methyl sites for hydroxylation is 1. The Morgan fingerprint density at radius 2 is 1.43 bits per heavy atom. The van der Waals surface area contributed by atoms with E-state index in [1.165, 1.54) is 29.4 Å². The molecule has 24 heteroatoms. The van der Waals surface area contributed by atoms with Crippen LogP contribution in [0.1, 0.15) is 104 Å². The third kappa shape index (κ3) is 14.2. The van der Waals surface area contributed by atoms with Crippen LogP contribution < -0.4 is 30.7 Å². The minimum Gasteiger partial charge on any atom is -0.391 e. The molecule has 0 aliphatic carbocycles. The van der Waals surface area contributed by atoms with Crippen molar-refractivity contribution < 1.29 is 51.0 Å². The Kier molecular flexibility index (Phi) is 18.8. The summed E-state index contributed by atoms with van der Waals surface area (Å²) in [7, 11) is 1.96. The maximum absolute atomic E-state index is 16.3. The van der Waals surface area contributed by atoms with E-state index in [-0.39, 0.29) is 65.4 Å². The van der Waals surface area contributed by atoms with Crippen LogP contribution in [0.4, 0.5) is 45.0 Å². The van der Waals surface area contributed by atoms with Gasteiger partial charge in [0.1, 0.15) is 23.7 Å². The molecule has 0 radical (unpaired) electrons. The summed E-state index contributed by atoms with van der Waals surface area (Å²) >= 11 is 1.56. The summed E-state index contributed by atoms with van der Waals surface area (Å²) in [6, 6.07) is 17.0. The number of carbonyl (C=O) groups is 5. The number of amides is 5. The second kappa shape index (κ2) is 26.2. The Hall–Kier alpha value is -8.09. The molecule has 0 unspecified atom stereocenters. The zero-order valence-corrected chi connectivity index (χ0v) is 51.9. The third-order valence-electron chi connectivity index (χ3n) is 17.7. The number of halogens is 5. The fourth-order valence-corrected chi connectivity index (χ4v) is 13.2. The first kappa shape index (κ1) is 63.9. The second-order valence-corrected chi connectivity index (χ2v) is 25.8. The van der Waals surface area contributed by atoms with E-state index in [0.29, 0.717) is 76.7 Å². The number of thiazole rings is 1. The molecule has 4 fully saturated rings. The summed E-state index contributed by atoms with van der Waals surface area (Å²) in [5, 5.41) is 19.4. The minimum atomic E-state index is -5.03. The highest BCUT2D eigenvalue weighted by Gasteiger charge is 2.45. The van der Waals surface area contributed by atoms with Crippen molar-refractivity contribution in [2.24, 2.45) is 11.3 Å². The number of aliphatic hydroxyl groups excluding tert-OH is 1. The lowest BCUT2D eigenvalue weighted by Gasteiger charge is -2.44. The lowest BCUT2D eigenvalue weighted by Crippen LogP contribution is -2.57. The standard InChI is InChI=1S/C65H75F5N12O6S/c1-37-33-81(34-38(2)77(37)8)54-30-52(67)50(29-53(54)75-59(85)49-17-16-46(66)27-51(49)65(68,69)70)45-31-71-63(72-32-45)80-24-22-79(23-25-80)61(87)43-18-20-78(21-19-43)47-11-9-10-44(26-47)58(84)76-57(64(5,6)7)62(88)82-35-48(83)28-55(82)60(86)74-39(3)41-12-14-42(15-13-41)56-40(4)73-36-89-56/h9-17,26-27,29-32,36-39,43,48,55,57,83H,18-25,28,33-35H2,1-8H3,(H,74,86)(H,75,85)(H,76,84)/t37-,38+,39-,48+,55-,57+/m0/s1. The fraction of sp³-hybridized carbons (Fsp3) is 0.446. The third-order valence-corrected chi connectivity index (χ3v) is 18.7. The Morgan fingerprint density at radius 1 is 0.753 bits per heavy atom. The molecule has 0 saturated carbocycles. The van der Waals surface area contributed by atoms with Crippen LogP contribution in [0.5, 0.6) is 0 Å². The summed E-state index contributed by atoms with van der Waals surface area (Å²) < 4.78 is 72.5. The number of benzene rings is 4. The highest BCUT2D eigenvalue weighted by molar-refractivity contribution is 7.13. The van der Waals surface area contributed by atoms with Crippen molar-refractivity contribution >= 4 is 63.9 Å². The Morgan fingerprint density at radius 3 is 2.06 bits per heavy atom. The molecule has 4 aromatic carbocycles. The molecule has 18 nitrogen and oxygen atoms in total. The van der Waals surface area contributed by atoms with Gasteiger partial charge in [-0.25, -0.2) is 23.7 Å².